The second kappa shape index (κ2) is 3.57. The SMILES string of the molecule is Cc1ccc(C(C=O)C(C)C)o1. The zero-order chi connectivity index (χ0) is 9.14. The summed E-state index contributed by atoms with van der Waals surface area (Å²) >= 11 is 0. The van der Waals surface area contributed by atoms with E-state index in [0.29, 0.717) is 5.92 Å². The van der Waals surface area contributed by atoms with Gasteiger partial charge in [0.25, 0.3) is 0 Å². The van der Waals surface area contributed by atoms with Gasteiger partial charge in [0, 0.05) is 0 Å². The fourth-order valence-corrected chi connectivity index (χ4v) is 1.19. The molecule has 1 aromatic heterocycles. The molecule has 1 rings (SSSR count). The van der Waals surface area contributed by atoms with Gasteiger partial charge in [-0.3, -0.25) is 0 Å². The first-order valence-electron chi connectivity index (χ1n) is 4.16. The van der Waals surface area contributed by atoms with Crippen LogP contribution < -0.4 is 0 Å². The molecule has 0 saturated heterocycles. The molecule has 0 aliphatic rings. The second-order valence-corrected chi connectivity index (χ2v) is 3.35. The maximum absolute atomic E-state index is 10.7. The minimum atomic E-state index is -0.0984. The molecule has 12 heavy (non-hydrogen) atoms. The largest absolute Gasteiger partial charge is 0.466 e. The van der Waals surface area contributed by atoms with E-state index >= 15 is 0 Å². The lowest BCUT2D eigenvalue weighted by molar-refractivity contribution is -0.110. The Balaban J connectivity index is 2.87. The first kappa shape index (κ1) is 9.04. The molecule has 2 heteroatoms. The maximum Gasteiger partial charge on any atom is 0.130 e. The Labute approximate surface area is 72.6 Å². The molecule has 0 aliphatic heterocycles. The standard InChI is InChI=1S/C10H14O2/c1-7(2)9(6-11)10-5-4-8(3)12-10/h4-7,9H,1-3H3. The number of carbonyl (C=O) groups is 1. The summed E-state index contributed by atoms with van der Waals surface area (Å²) in [5, 5.41) is 0. The van der Waals surface area contributed by atoms with Crippen molar-refractivity contribution in [2.75, 3.05) is 0 Å². The van der Waals surface area contributed by atoms with Crippen LogP contribution in [0, 0.1) is 12.8 Å². The van der Waals surface area contributed by atoms with E-state index in [-0.39, 0.29) is 5.92 Å². The minimum absolute atomic E-state index is 0.0984. The summed E-state index contributed by atoms with van der Waals surface area (Å²) < 4.78 is 5.37. The van der Waals surface area contributed by atoms with Crippen LogP contribution in [0.2, 0.25) is 0 Å². The molecule has 0 aliphatic carbocycles. The van der Waals surface area contributed by atoms with Gasteiger partial charge in [0.1, 0.15) is 17.8 Å². The first-order valence-corrected chi connectivity index (χ1v) is 4.16. The van der Waals surface area contributed by atoms with E-state index in [9.17, 15) is 4.79 Å². The molecule has 1 aromatic rings. The van der Waals surface area contributed by atoms with Crippen LogP contribution in [-0.4, -0.2) is 6.29 Å². The summed E-state index contributed by atoms with van der Waals surface area (Å²) in [5.74, 6) is 1.83. The van der Waals surface area contributed by atoms with Crippen molar-refractivity contribution < 1.29 is 9.21 Å². The van der Waals surface area contributed by atoms with Gasteiger partial charge in [0.05, 0.1) is 5.92 Å². The van der Waals surface area contributed by atoms with E-state index in [1.54, 1.807) is 0 Å². The lowest BCUT2D eigenvalue weighted by Gasteiger charge is -2.10. The van der Waals surface area contributed by atoms with Crippen molar-refractivity contribution in [3.05, 3.63) is 23.7 Å². The van der Waals surface area contributed by atoms with E-state index in [2.05, 4.69) is 0 Å². The molecule has 0 spiro atoms. The van der Waals surface area contributed by atoms with Gasteiger partial charge in [-0.15, -0.1) is 0 Å². The van der Waals surface area contributed by atoms with Gasteiger partial charge in [0.15, 0.2) is 0 Å². The predicted octanol–water partition coefficient (Wildman–Crippen LogP) is 2.53. The Kier molecular flexibility index (Phi) is 2.69. The molecule has 0 N–H and O–H groups in total. The number of aldehydes is 1. The number of hydrogen-bond acceptors (Lipinski definition) is 2. The van der Waals surface area contributed by atoms with Crippen LogP contribution in [-0.2, 0) is 4.79 Å². The van der Waals surface area contributed by atoms with E-state index in [4.69, 9.17) is 4.42 Å². The Morgan fingerprint density at radius 1 is 1.42 bits per heavy atom. The van der Waals surface area contributed by atoms with Gasteiger partial charge in [0.2, 0.25) is 0 Å². The molecular weight excluding hydrogens is 152 g/mol. The number of carbonyl (C=O) groups excluding carboxylic acids is 1. The molecule has 1 unspecified atom stereocenters. The molecule has 0 saturated carbocycles. The Morgan fingerprint density at radius 3 is 2.42 bits per heavy atom. The van der Waals surface area contributed by atoms with Crippen LogP contribution in [0.4, 0.5) is 0 Å². The normalized spacial score (nSPS) is 13.3. The van der Waals surface area contributed by atoms with E-state index in [1.165, 1.54) is 0 Å². The van der Waals surface area contributed by atoms with Crippen molar-refractivity contribution in [1.29, 1.82) is 0 Å². The van der Waals surface area contributed by atoms with E-state index in [1.807, 2.05) is 32.9 Å². The van der Waals surface area contributed by atoms with Gasteiger partial charge in [-0.25, -0.2) is 0 Å². The number of rotatable bonds is 3. The average molecular weight is 166 g/mol. The highest BCUT2D eigenvalue weighted by atomic mass is 16.3. The molecule has 1 atom stereocenters. The summed E-state index contributed by atoms with van der Waals surface area (Å²) in [6.45, 7) is 5.90. The fourth-order valence-electron chi connectivity index (χ4n) is 1.19. The molecule has 66 valence electrons. The minimum Gasteiger partial charge on any atom is -0.466 e. The van der Waals surface area contributed by atoms with Crippen molar-refractivity contribution in [2.45, 2.75) is 26.7 Å². The predicted molar refractivity (Wildman–Crippen MR) is 47.1 cm³/mol. The lowest BCUT2D eigenvalue weighted by atomic mass is 9.95. The van der Waals surface area contributed by atoms with Crippen LogP contribution in [0.15, 0.2) is 16.5 Å². The zero-order valence-corrected chi connectivity index (χ0v) is 7.70. The van der Waals surface area contributed by atoms with Gasteiger partial charge < -0.3 is 9.21 Å². The van der Waals surface area contributed by atoms with Crippen molar-refractivity contribution in [1.82, 2.24) is 0 Å². The summed E-state index contributed by atoms with van der Waals surface area (Å²) in [6.07, 6.45) is 0.947. The smallest absolute Gasteiger partial charge is 0.130 e. The molecular formula is C10H14O2. The molecule has 0 aromatic carbocycles. The highest BCUT2D eigenvalue weighted by molar-refractivity contribution is 5.60. The molecule has 0 amide bonds. The van der Waals surface area contributed by atoms with Crippen molar-refractivity contribution in [3.8, 4) is 0 Å². The van der Waals surface area contributed by atoms with Crippen molar-refractivity contribution in [3.63, 3.8) is 0 Å². The van der Waals surface area contributed by atoms with Gasteiger partial charge >= 0.3 is 0 Å². The Bertz CT molecular complexity index is 261. The topological polar surface area (TPSA) is 30.2 Å². The van der Waals surface area contributed by atoms with Crippen LogP contribution in [0.5, 0.6) is 0 Å². The van der Waals surface area contributed by atoms with E-state index in [0.717, 1.165) is 17.8 Å². The highest BCUT2D eigenvalue weighted by Crippen LogP contribution is 2.23. The third-order valence-electron chi connectivity index (χ3n) is 1.95. The van der Waals surface area contributed by atoms with Crippen LogP contribution in [0.25, 0.3) is 0 Å². The van der Waals surface area contributed by atoms with Crippen LogP contribution >= 0.6 is 0 Å². The summed E-state index contributed by atoms with van der Waals surface area (Å²) in [5.41, 5.74) is 0. The monoisotopic (exact) mass is 166 g/mol. The molecule has 1 heterocycles. The van der Waals surface area contributed by atoms with Crippen molar-refractivity contribution >= 4 is 6.29 Å². The van der Waals surface area contributed by atoms with Gasteiger partial charge in [-0.05, 0) is 25.0 Å². The third kappa shape index (κ3) is 1.76. The van der Waals surface area contributed by atoms with Crippen LogP contribution in [0.3, 0.4) is 0 Å². The van der Waals surface area contributed by atoms with Gasteiger partial charge in [-0.2, -0.15) is 0 Å². The molecule has 2 nitrogen and oxygen atoms in total. The van der Waals surface area contributed by atoms with E-state index < -0.39 is 0 Å². The zero-order valence-electron chi connectivity index (χ0n) is 7.70. The number of aryl methyl sites for hydroxylation is 1. The third-order valence-corrected chi connectivity index (χ3v) is 1.95. The summed E-state index contributed by atoms with van der Waals surface area (Å²) in [7, 11) is 0. The number of furan rings is 1. The molecule has 0 bridgehead atoms. The Morgan fingerprint density at radius 2 is 2.08 bits per heavy atom. The summed E-state index contributed by atoms with van der Waals surface area (Å²) in [6, 6.07) is 3.75. The summed E-state index contributed by atoms with van der Waals surface area (Å²) in [4.78, 5) is 10.7. The molecule has 0 fully saturated rings. The first-order chi connectivity index (χ1) is 5.65. The van der Waals surface area contributed by atoms with Gasteiger partial charge in [-0.1, -0.05) is 13.8 Å². The van der Waals surface area contributed by atoms with Crippen molar-refractivity contribution in [2.24, 2.45) is 5.92 Å². The molecule has 0 radical (unpaired) electrons. The Hall–Kier alpha value is -1.05. The lowest BCUT2D eigenvalue weighted by Crippen LogP contribution is -2.06. The highest BCUT2D eigenvalue weighted by Gasteiger charge is 2.17. The fraction of sp³-hybridized carbons (Fsp3) is 0.500. The number of hydrogen-bond donors (Lipinski definition) is 0. The second-order valence-electron chi connectivity index (χ2n) is 3.35. The quantitative estimate of drug-likeness (QED) is 0.646. The maximum atomic E-state index is 10.7. The average Bonchev–Trinajstić information content (AvgIpc) is 2.37. The van der Waals surface area contributed by atoms with Crippen LogP contribution in [0.1, 0.15) is 31.3 Å².